The van der Waals surface area contributed by atoms with Crippen molar-refractivity contribution in [2.75, 3.05) is 28.8 Å². The molecule has 2 aliphatic heterocycles. The number of nitrogens with zero attached hydrogens (tertiary/aromatic N) is 2. The third-order valence-electron chi connectivity index (χ3n) is 6.59. The number of carbonyl (C=O) groups is 1. The molecule has 0 atom stereocenters. The van der Waals surface area contributed by atoms with Gasteiger partial charge in [0, 0.05) is 43.7 Å². The molecular weight excluding hydrogens is 434 g/mol. The van der Waals surface area contributed by atoms with Gasteiger partial charge in [0.25, 0.3) is 10.0 Å². The lowest BCUT2D eigenvalue weighted by atomic mass is 10.1. The molecule has 3 aromatic carbocycles. The first-order valence-corrected chi connectivity index (χ1v) is 13.1. The Hall–Kier alpha value is -3.06. The van der Waals surface area contributed by atoms with Gasteiger partial charge in [-0.05, 0) is 60.9 Å². The smallest absolute Gasteiger partial charge is 0.265 e. The average molecular weight is 464 g/mol. The fraction of sp³-hybridized carbons (Fsp3) is 0.346. The molecule has 0 spiro atoms. The second-order valence-electron chi connectivity index (χ2n) is 8.80. The number of hydrogen-bond acceptors (Lipinski definition) is 4. The van der Waals surface area contributed by atoms with Crippen LogP contribution in [0.3, 0.4) is 0 Å². The average Bonchev–Trinajstić information content (AvgIpc) is 3.07. The van der Waals surface area contributed by atoms with Crippen LogP contribution in [0.4, 0.5) is 11.4 Å². The largest absolute Gasteiger partial charge is 0.372 e. The molecule has 2 aliphatic rings. The Morgan fingerprint density at radius 2 is 1.64 bits per heavy atom. The molecule has 0 aromatic heterocycles. The summed E-state index contributed by atoms with van der Waals surface area (Å²) in [5.41, 5.74) is 3.01. The van der Waals surface area contributed by atoms with Crippen LogP contribution in [0.1, 0.15) is 37.7 Å². The predicted molar refractivity (Wildman–Crippen MR) is 132 cm³/mol. The van der Waals surface area contributed by atoms with Gasteiger partial charge in [-0.15, -0.1) is 0 Å². The lowest BCUT2D eigenvalue weighted by Crippen LogP contribution is -2.30. The highest BCUT2D eigenvalue weighted by Crippen LogP contribution is 2.41. The minimum absolute atomic E-state index is 0.0672. The highest BCUT2D eigenvalue weighted by Gasteiger charge is 2.35. The Labute approximate surface area is 195 Å². The van der Waals surface area contributed by atoms with Crippen LogP contribution in [0.2, 0.25) is 0 Å². The number of carbonyl (C=O) groups excluding carboxylic acids is 1. The molecule has 0 radical (unpaired) electrons. The summed E-state index contributed by atoms with van der Waals surface area (Å²) in [5, 5.41) is 4.65. The Bertz CT molecular complexity index is 1260. The van der Waals surface area contributed by atoms with Gasteiger partial charge in [0.1, 0.15) is 0 Å². The van der Waals surface area contributed by atoms with Gasteiger partial charge in [-0.2, -0.15) is 0 Å². The molecule has 1 N–H and O–H groups in total. The molecule has 172 valence electrons. The summed E-state index contributed by atoms with van der Waals surface area (Å²) >= 11 is 0. The standard InChI is InChI=1S/C26H29N3O3S/c30-25(27-19-20-12-14-22(15-13-20)28-16-2-1-3-17-28)11-6-18-29-23-9-4-7-21-8-5-10-24(26(21)23)33(29,31)32/h4-5,7-10,12-15H,1-3,6,11,16-19H2,(H,27,30). The van der Waals surface area contributed by atoms with Crippen molar-refractivity contribution in [3.05, 3.63) is 66.2 Å². The van der Waals surface area contributed by atoms with Crippen molar-refractivity contribution in [2.24, 2.45) is 0 Å². The van der Waals surface area contributed by atoms with Gasteiger partial charge >= 0.3 is 0 Å². The van der Waals surface area contributed by atoms with Gasteiger partial charge in [-0.25, -0.2) is 8.42 Å². The highest BCUT2D eigenvalue weighted by molar-refractivity contribution is 7.93. The number of sulfonamides is 1. The molecule has 0 aliphatic carbocycles. The molecule has 1 fully saturated rings. The SMILES string of the molecule is O=C(CCCN1c2cccc3cccc(c23)S1(=O)=O)NCc1ccc(N2CCCCC2)cc1. The molecule has 6 nitrogen and oxygen atoms in total. The van der Waals surface area contributed by atoms with Crippen LogP contribution in [0.25, 0.3) is 10.8 Å². The lowest BCUT2D eigenvalue weighted by molar-refractivity contribution is -0.121. The summed E-state index contributed by atoms with van der Waals surface area (Å²) in [5.74, 6) is -0.0672. The number of benzene rings is 3. The van der Waals surface area contributed by atoms with E-state index in [9.17, 15) is 13.2 Å². The van der Waals surface area contributed by atoms with E-state index in [0.717, 1.165) is 29.4 Å². The fourth-order valence-electron chi connectivity index (χ4n) is 4.85. The zero-order valence-electron chi connectivity index (χ0n) is 18.7. The summed E-state index contributed by atoms with van der Waals surface area (Å²) in [6, 6.07) is 19.4. The first-order chi connectivity index (χ1) is 16.0. The van der Waals surface area contributed by atoms with Crippen molar-refractivity contribution in [2.45, 2.75) is 43.5 Å². The Morgan fingerprint density at radius 1 is 0.909 bits per heavy atom. The maximum Gasteiger partial charge on any atom is 0.265 e. The molecule has 0 unspecified atom stereocenters. The van der Waals surface area contributed by atoms with Crippen LogP contribution >= 0.6 is 0 Å². The highest BCUT2D eigenvalue weighted by atomic mass is 32.2. The van der Waals surface area contributed by atoms with E-state index in [0.29, 0.717) is 23.5 Å². The fourth-order valence-corrected chi connectivity index (χ4v) is 6.60. The molecule has 0 saturated carbocycles. The molecule has 3 aromatic rings. The summed E-state index contributed by atoms with van der Waals surface area (Å²) in [6.45, 7) is 2.99. The van der Waals surface area contributed by atoms with Gasteiger partial charge in [0.15, 0.2) is 0 Å². The van der Waals surface area contributed by atoms with Crippen molar-refractivity contribution >= 4 is 38.1 Å². The van der Waals surface area contributed by atoms with E-state index in [2.05, 4.69) is 34.5 Å². The van der Waals surface area contributed by atoms with Gasteiger partial charge in [0.05, 0.1) is 10.6 Å². The lowest BCUT2D eigenvalue weighted by Gasteiger charge is -2.28. The number of amides is 1. The van der Waals surface area contributed by atoms with Crippen molar-refractivity contribution < 1.29 is 13.2 Å². The Morgan fingerprint density at radius 3 is 2.39 bits per heavy atom. The normalized spacial score (nSPS) is 16.8. The zero-order valence-corrected chi connectivity index (χ0v) is 19.5. The molecule has 5 rings (SSSR count). The molecule has 33 heavy (non-hydrogen) atoms. The zero-order chi connectivity index (χ0) is 22.8. The van der Waals surface area contributed by atoms with Gasteiger partial charge in [-0.1, -0.05) is 36.4 Å². The summed E-state index contributed by atoms with van der Waals surface area (Å²) in [6.07, 6.45) is 4.55. The maximum absolute atomic E-state index is 13.0. The van der Waals surface area contributed by atoms with Crippen LogP contribution in [0, 0.1) is 0 Å². The molecule has 7 heteroatoms. The monoisotopic (exact) mass is 463 g/mol. The van der Waals surface area contributed by atoms with E-state index < -0.39 is 10.0 Å². The number of nitrogens with one attached hydrogen (secondary N) is 1. The van der Waals surface area contributed by atoms with E-state index in [4.69, 9.17) is 0 Å². The predicted octanol–water partition coefficient (Wildman–Crippen LogP) is 4.44. The van der Waals surface area contributed by atoms with E-state index >= 15 is 0 Å². The van der Waals surface area contributed by atoms with Gasteiger partial charge < -0.3 is 10.2 Å². The summed E-state index contributed by atoms with van der Waals surface area (Å²) in [4.78, 5) is 15.2. The Balaban J connectivity index is 1.14. The third-order valence-corrected chi connectivity index (χ3v) is 8.45. The first kappa shape index (κ1) is 21.8. The minimum Gasteiger partial charge on any atom is -0.372 e. The van der Waals surface area contributed by atoms with Crippen LogP contribution in [-0.4, -0.2) is 34.0 Å². The topological polar surface area (TPSA) is 69.7 Å². The summed E-state index contributed by atoms with van der Waals surface area (Å²) < 4.78 is 27.5. The number of hydrogen-bond donors (Lipinski definition) is 1. The summed E-state index contributed by atoms with van der Waals surface area (Å²) in [7, 11) is -3.57. The van der Waals surface area contributed by atoms with E-state index in [1.165, 1.54) is 29.3 Å². The number of piperidine rings is 1. The second kappa shape index (κ2) is 9.06. The van der Waals surface area contributed by atoms with E-state index in [-0.39, 0.29) is 18.9 Å². The van der Waals surface area contributed by atoms with Crippen molar-refractivity contribution in [3.63, 3.8) is 0 Å². The van der Waals surface area contributed by atoms with Crippen LogP contribution in [-0.2, 0) is 21.4 Å². The number of anilines is 2. The minimum atomic E-state index is -3.57. The van der Waals surface area contributed by atoms with Crippen LogP contribution in [0.15, 0.2) is 65.6 Å². The maximum atomic E-state index is 13.0. The molecule has 1 saturated heterocycles. The molecule has 2 heterocycles. The third kappa shape index (κ3) is 4.29. The Kier molecular flexibility index (Phi) is 5.98. The van der Waals surface area contributed by atoms with Gasteiger partial charge in [-0.3, -0.25) is 9.10 Å². The molecule has 0 bridgehead atoms. The van der Waals surface area contributed by atoms with Gasteiger partial charge in [0.2, 0.25) is 5.91 Å². The van der Waals surface area contributed by atoms with E-state index in [1.54, 1.807) is 12.1 Å². The van der Waals surface area contributed by atoms with Crippen LogP contribution < -0.4 is 14.5 Å². The van der Waals surface area contributed by atoms with E-state index in [1.807, 2.05) is 24.3 Å². The van der Waals surface area contributed by atoms with Crippen molar-refractivity contribution in [1.82, 2.24) is 5.32 Å². The van der Waals surface area contributed by atoms with Crippen molar-refractivity contribution in [3.8, 4) is 0 Å². The second-order valence-corrected chi connectivity index (χ2v) is 10.6. The molecular formula is C26H29N3O3S. The number of rotatable bonds is 7. The quantitative estimate of drug-likeness (QED) is 0.563. The van der Waals surface area contributed by atoms with Crippen LogP contribution in [0.5, 0.6) is 0 Å². The molecule has 1 amide bonds. The van der Waals surface area contributed by atoms with Crippen molar-refractivity contribution in [1.29, 1.82) is 0 Å². The first-order valence-electron chi connectivity index (χ1n) is 11.7.